The second kappa shape index (κ2) is 4.30. The van der Waals surface area contributed by atoms with Crippen molar-refractivity contribution in [2.45, 2.75) is 0 Å². The van der Waals surface area contributed by atoms with E-state index in [0.717, 1.165) is 0 Å². The van der Waals surface area contributed by atoms with E-state index in [9.17, 15) is 9.59 Å². The molecule has 1 N–H and O–H groups in total. The van der Waals surface area contributed by atoms with Gasteiger partial charge in [0.25, 0.3) is 5.56 Å². The van der Waals surface area contributed by atoms with Crippen LogP contribution in [0.3, 0.4) is 0 Å². The molecule has 3 aromatic rings. The molecule has 0 radical (unpaired) electrons. The Hall–Kier alpha value is -2.96. The van der Waals surface area contributed by atoms with Crippen molar-refractivity contribution in [3.63, 3.8) is 0 Å². The molecule has 0 unspecified atom stereocenters. The molecule has 3 aromatic heterocycles. The molecule has 0 atom stereocenters. The highest BCUT2D eigenvalue weighted by atomic mass is 16.4. The van der Waals surface area contributed by atoms with E-state index in [1.165, 1.54) is 22.9 Å². The molecule has 7 nitrogen and oxygen atoms in total. The predicted molar refractivity (Wildman–Crippen MR) is 70.6 cm³/mol. The maximum atomic E-state index is 11.7. The molecule has 7 heteroatoms. The summed E-state index contributed by atoms with van der Waals surface area (Å²) in [6.45, 7) is 0. The molecule has 0 aliphatic carbocycles. The van der Waals surface area contributed by atoms with Crippen molar-refractivity contribution in [2.75, 3.05) is 0 Å². The summed E-state index contributed by atoms with van der Waals surface area (Å²) in [6, 6.07) is 6.19. The highest BCUT2D eigenvalue weighted by molar-refractivity contribution is 5.87. The average molecular weight is 270 g/mol. The van der Waals surface area contributed by atoms with E-state index in [-0.39, 0.29) is 11.1 Å². The maximum Gasteiger partial charge on any atom is 0.337 e. The van der Waals surface area contributed by atoms with Gasteiger partial charge in [-0.25, -0.2) is 4.79 Å². The zero-order valence-corrected chi connectivity index (χ0v) is 10.5. The first-order valence-electron chi connectivity index (χ1n) is 5.81. The van der Waals surface area contributed by atoms with Crippen molar-refractivity contribution in [3.8, 4) is 11.4 Å². The molecule has 0 saturated heterocycles. The van der Waals surface area contributed by atoms with E-state index in [1.54, 1.807) is 29.8 Å². The highest BCUT2D eigenvalue weighted by Crippen LogP contribution is 2.17. The van der Waals surface area contributed by atoms with Crippen LogP contribution in [-0.2, 0) is 7.05 Å². The third-order valence-electron chi connectivity index (χ3n) is 3.01. The summed E-state index contributed by atoms with van der Waals surface area (Å²) in [5.41, 5.74) is 1.06. The lowest BCUT2D eigenvalue weighted by molar-refractivity contribution is 0.0696. The summed E-state index contributed by atoms with van der Waals surface area (Å²) < 4.78 is 2.99. The Morgan fingerprint density at radius 1 is 1.25 bits per heavy atom. The van der Waals surface area contributed by atoms with E-state index < -0.39 is 5.97 Å². The standard InChI is InChI=1S/C13H10N4O3/c1-16-5-4-8(6-11(16)18)12-15-14-10-3-2-9(13(19)20)7-17(10)12/h2-7H,1H3,(H,19,20). The van der Waals surface area contributed by atoms with Crippen LogP contribution in [0, 0.1) is 0 Å². The number of carboxylic acids is 1. The Bertz CT molecular complexity index is 879. The Kier molecular flexibility index (Phi) is 2.60. The summed E-state index contributed by atoms with van der Waals surface area (Å²) in [7, 11) is 1.65. The maximum absolute atomic E-state index is 11.7. The Labute approximate surface area is 112 Å². The van der Waals surface area contributed by atoms with Crippen LogP contribution in [0.5, 0.6) is 0 Å². The van der Waals surface area contributed by atoms with Gasteiger partial charge in [-0.15, -0.1) is 10.2 Å². The van der Waals surface area contributed by atoms with E-state index >= 15 is 0 Å². The minimum absolute atomic E-state index is 0.127. The summed E-state index contributed by atoms with van der Waals surface area (Å²) in [5.74, 6) is -0.601. The van der Waals surface area contributed by atoms with Gasteiger partial charge < -0.3 is 9.67 Å². The van der Waals surface area contributed by atoms with Crippen LogP contribution in [0.4, 0.5) is 0 Å². The normalized spacial score (nSPS) is 10.8. The number of hydrogen-bond acceptors (Lipinski definition) is 4. The average Bonchev–Trinajstić information content (AvgIpc) is 2.84. The third-order valence-corrected chi connectivity index (χ3v) is 3.01. The second-order valence-electron chi connectivity index (χ2n) is 4.34. The van der Waals surface area contributed by atoms with Gasteiger partial charge in [-0.3, -0.25) is 9.20 Å². The first-order chi connectivity index (χ1) is 9.56. The third kappa shape index (κ3) is 1.85. The van der Waals surface area contributed by atoms with Crippen LogP contribution in [-0.4, -0.2) is 30.2 Å². The second-order valence-corrected chi connectivity index (χ2v) is 4.34. The largest absolute Gasteiger partial charge is 0.478 e. The number of aromatic nitrogens is 4. The number of pyridine rings is 2. The van der Waals surface area contributed by atoms with Crippen molar-refractivity contribution in [2.24, 2.45) is 7.05 Å². The molecule has 0 bridgehead atoms. The van der Waals surface area contributed by atoms with Gasteiger partial charge in [-0.1, -0.05) is 0 Å². The van der Waals surface area contributed by atoms with E-state index in [2.05, 4.69) is 10.2 Å². The van der Waals surface area contributed by atoms with Crippen LogP contribution < -0.4 is 5.56 Å². The minimum Gasteiger partial charge on any atom is -0.478 e. The van der Waals surface area contributed by atoms with Gasteiger partial charge in [0, 0.05) is 31.1 Å². The number of aromatic carboxylic acids is 1. The van der Waals surface area contributed by atoms with Gasteiger partial charge in [-0.2, -0.15) is 0 Å². The van der Waals surface area contributed by atoms with Crippen LogP contribution >= 0.6 is 0 Å². The molecule has 3 heterocycles. The van der Waals surface area contributed by atoms with Crippen molar-refractivity contribution < 1.29 is 9.90 Å². The summed E-state index contributed by atoms with van der Waals surface area (Å²) in [4.78, 5) is 22.7. The van der Waals surface area contributed by atoms with Crippen molar-refractivity contribution in [1.29, 1.82) is 0 Å². The fourth-order valence-electron chi connectivity index (χ4n) is 1.90. The predicted octanol–water partition coefficient (Wildman–Crippen LogP) is 0.793. The van der Waals surface area contributed by atoms with E-state index in [0.29, 0.717) is 17.0 Å². The number of carbonyl (C=O) groups is 1. The van der Waals surface area contributed by atoms with Gasteiger partial charge >= 0.3 is 5.97 Å². The number of rotatable bonds is 2. The van der Waals surface area contributed by atoms with Crippen molar-refractivity contribution in [1.82, 2.24) is 19.2 Å². The molecule has 0 fully saturated rings. The van der Waals surface area contributed by atoms with Crippen LogP contribution in [0.1, 0.15) is 10.4 Å². The smallest absolute Gasteiger partial charge is 0.337 e. The molecule has 0 aromatic carbocycles. The number of hydrogen-bond donors (Lipinski definition) is 1. The van der Waals surface area contributed by atoms with Crippen LogP contribution in [0.2, 0.25) is 0 Å². The molecule has 100 valence electrons. The molecule has 0 spiro atoms. The summed E-state index contributed by atoms with van der Waals surface area (Å²) in [6.07, 6.45) is 3.06. The summed E-state index contributed by atoms with van der Waals surface area (Å²) in [5, 5.41) is 17.0. The van der Waals surface area contributed by atoms with E-state index in [1.807, 2.05) is 0 Å². The van der Waals surface area contributed by atoms with Crippen LogP contribution in [0.15, 0.2) is 41.5 Å². The zero-order valence-electron chi connectivity index (χ0n) is 10.5. The molecule has 20 heavy (non-hydrogen) atoms. The molecular formula is C13H10N4O3. The number of nitrogens with zero attached hydrogens (tertiary/aromatic N) is 4. The monoisotopic (exact) mass is 270 g/mol. The Morgan fingerprint density at radius 2 is 2.05 bits per heavy atom. The molecule has 3 rings (SSSR count). The van der Waals surface area contributed by atoms with Gasteiger partial charge in [0.2, 0.25) is 0 Å². The summed E-state index contributed by atoms with van der Waals surface area (Å²) >= 11 is 0. The minimum atomic E-state index is -1.03. The van der Waals surface area contributed by atoms with Crippen molar-refractivity contribution in [3.05, 3.63) is 52.6 Å². The van der Waals surface area contributed by atoms with Gasteiger partial charge in [0.05, 0.1) is 5.56 Å². The molecule has 0 aliphatic rings. The number of fused-ring (bicyclic) bond motifs is 1. The van der Waals surface area contributed by atoms with Gasteiger partial charge in [0.15, 0.2) is 11.5 Å². The van der Waals surface area contributed by atoms with E-state index in [4.69, 9.17) is 5.11 Å². The lowest BCUT2D eigenvalue weighted by atomic mass is 10.2. The van der Waals surface area contributed by atoms with Crippen molar-refractivity contribution >= 4 is 11.6 Å². The fraction of sp³-hybridized carbons (Fsp3) is 0.0769. The zero-order chi connectivity index (χ0) is 14.3. The fourth-order valence-corrected chi connectivity index (χ4v) is 1.90. The first kappa shape index (κ1) is 12.1. The number of carboxylic acid groups (broad SMARTS) is 1. The lowest BCUT2D eigenvalue weighted by Gasteiger charge is -2.02. The SMILES string of the molecule is Cn1ccc(-c2nnc3ccc(C(=O)O)cn23)cc1=O. The topological polar surface area (TPSA) is 89.5 Å². The number of aryl methyl sites for hydroxylation is 1. The highest BCUT2D eigenvalue weighted by Gasteiger charge is 2.11. The molecule has 0 amide bonds. The first-order valence-corrected chi connectivity index (χ1v) is 5.81. The lowest BCUT2D eigenvalue weighted by Crippen LogP contribution is -2.14. The Balaban J connectivity index is 2.25. The molecule has 0 saturated carbocycles. The van der Waals surface area contributed by atoms with Crippen LogP contribution in [0.25, 0.3) is 17.0 Å². The molecule has 0 aliphatic heterocycles. The quantitative estimate of drug-likeness (QED) is 0.743. The molecular weight excluding hydrogens is 260 g/mol. The van der Waals surface area contributed by atoms with Gasteiger partial charge in [-0.05, 0) is 18.2 Å². The Morgan fingerprint density at radius 3 is 2.75 bits per heavy atom. The van der Waals surface area contributed by atoms with Gasteiger partial charge in [0.1, 0.15) is 0 Å².